The molecule has 22 heavy (non-hydrogen) atoms. The molecule has 1 aliphatic heterocycles. The molecule has 0 radical (unpaired) electrons. The minimum atomic E-state index is -0.451. The van der Waals surface area contributed by atoms with Gasteiger partial charge < -0.3 is 15.0 Å². The second-order valence-electron chi connectivity index (χ2n) is 6.07. The zero-order valence-electron chi connectivity index (χ0n) is 13.8. The number of hydrogen-bond donors (Lipinski definition) is 1. The molecule has 0 bridgehead atoms. The average molecular weight is 327 g/mol. The van der Waals surface area contributed by atoms with E-state index in [1.165, 1.54) is 5.56 Å². The van der Waals surface area contributed by atoms with Crippen LogP contribution in [0.1, 0.15) is 39.2 Å². The maximum atomic E-state index is 12.5. The first-order valence-corrected chi connectivity index (χ1v) is 7.77. The summed E-state index contributed by atoms with van der Waals surface area (Å²) in [6.07, 6.45) is -0.451. The Morgan fingerprint density at radius 1 is 1.36 bits per heavy atom. The molecule has 4 nitrogen and oxygen atoms in total. The summed E-state index contributed by atoms with van der Waals surface area (Å²) in [5.74, 6) is 1.29. The summed E-state index contributed by atoms with van der Waals surface area (Å²) in [7, 11) is 0. The number of carbonyl (C=O) groups is 1. The van der Waals surface area contributed by atoms with Crippen LogP contribution in [-0.2, 0) is 4.79 Å². The number of hydrogen-bond acceptors (Lipinski definition) is 3. The van der Waals surface area contributed by atoms with Gasteiger partial charge in [0.1, 0.15) is 5.75 Å². The van der Waals surface area contributed by atoms with Crippen LogP contribution in [0.5, 0.6) is 5.75 Å². The highest BCUT2D eigenvalue weighted by Gasteiger charge is 2.27. The summed E-state index contributed by atoms with van der Waals surface area (Å²) in [5.41, 5.74) is 1.22. The fourth-order valence-corrected chi connectivity index (χ4v) is 2.60. The maximum absolute atomic E-state index is 12.5. The lowest BCUT2D eigenvalue weighted by atomic mass is 10.0. The van der Waals surface area contributed by atoms with Gasteiger partial charge in [0.2, 0.25) is 0 Å². The van der Waals surface area contributed by atoms with E-state index in [9.17, 15) is 4.79 Å². The third-order valence-electron chi connectivity index (χ3n) is 3.97. The van der Waals surface area contributed by atoms with Crippen molar-refractivity contribution in [1.29, 1.82) is 0 Å². The van der Waals surface area contributed by atoms with Crippen molar-refractivity contribution in [3.63, 3.8) is 0 Å². The molecule has 0 spiro atoms. The molecule has 0 aliphatic carbocycles. The summed E-state index contributed by atoms with van der Waals surface area (Å²) in [6.45, 7) is 10.6. The van der Waals surface area contributed by atoms with Gasteiger partial charge >= 0.3 is 0 Å². The fraction of sp³-hybridized carbons (Fsp3) is 0.588. The van der Waals surface area contributed by atoms with Crippen LogP contribution in [0.15, 0.2) is 24.3 Å². The Hall–Kier alpha value is -1.26. The normalized spacial score (nSPS) is 19.5. The first kappa shape index (κ1) is 18.8. The smallest absolute Gasteiger partial charge is 0.263 e. The van der Waals surface area contributed by atoms with Crippen molar-refractivity contribution >= 4 is 18.3 Å². The number of carbonyl (C=O) groups excluding carboxylic acids is 1. The number of benzene rings is 1. The second-order valence-corrected chi connectivity index (χ2v) is 6.07. The van der Waals surface area contributed by atoms with Crippen LogP contribution in [0.3, 0.4) is 0 Å². The number of rotatable bonds is 4. The van der Waals surface area contributed by atoms with E-state index in [0.29, 0.717) is 5.92 Å². The van der Waals surface area contributed by atoms with Gasteiger partial charge in [0, 0.05) is 25.7 Å². The summed E-state index contributed by atoms with van der Waals surface area (Å²) >= 11 is 0. The van der Waals surface area contributed by atoms with Crippen molar-refractivity contribution < 1.29 is 9.53 Å². The lowest BCUT2D eigenvalue weighted by Crippen LogP contribution is -2.55. The predicted octanol–water partition coefficient (Wildman–Crippen LogP) is 2.82. The highest BCUT2D eigenvalue weighted by atomic mass is 35.5. The summed E-state index contributed by atoms with van der Waals surface area (Å²) in [5, 5.41) is 3.29. The Kier molecular flexibility index (Phi) is 7.17. The summed E-state index contributed by atoms with van der Waals surface area (Å²) in [6, 6.07) is 8.23. The number of halogens is 1. The molecule has 1 heterocycles. The van der Waals surface area contributed by atoms with Crippen LogP contribution in [0.2, 0.25) is 0 Å². The van der Waals surface area contributed by atoms with Gasteiger partial charge in [0.05, 0.1) is 0 Å². The van der Waals surface area contributed by atoms with Crippen molar-refractivity contribution in [3.8, 4) is 5.75 Å². The van der Waals surface area contributed by atoms with Gasteiger partial charge in [-0.15, -0.1) is 12.4 Å². The molecule has 0 aromatic heterocycles. The second kappa shape index (κ2) is 8.39. The molecule has 2 rings (SSSR count). The minimum absolute atomic E-state index is 0. The Morgan fingerprint density at radius 2 is 2.09 bits per heavy atom. The van der Waals surface area contributed by atoms with E-state index in [2.05, 4.69) is 32.2 Å². The van der Waals surface area contributed by atoms with Gasteiger partial charge in [0.15, 0.2) is 6.10 Å². The Labute approximate surface area is 139 Å². The third-order valence-corrected chi connectivity index (χ3v) is 3.97. The van der Waals surface area contributed by atoms with Gasteiger partial charge in [-0.2, -0.15) is 0 Å². The molecule has 1 aromatic carbocycles. The van der Waals surface area contributed by atoms with Gasteiger partial charge in [-0.1, -0.05) is 26.0 Å². The van der Waals surface area contributed by atoms with Crippen molar-refractivity contribution in [3.05, 3.63) is 29.8 Å². The van der Waals surface area contributed by atoms with E-state index in [-0.39, 0.29) is 24.4 Å². The van der Waals surface area contributed by atoms with Crippen molar-refractivity contribution in [2.75, 3.05) is 19.6 Å². The lowest BCUT2D eigenvalue weighted by molar-refractivity contribution is -0.140. The first-order chi connectivity index (χ1) is 9.99. The van der Waals surface area contributed by atoms with E-state index < -0.39 is 6.10 Å². The maximum Gasteiger partial charge on any atom is 0.263 e. The zero-order valence-corrected chi connectivity index (χ0v) is 14.7. The Balaban J connectivity index is 0.00000242. The number of nitrogens with one attached hydrogen (secondary N) is 1. The number of piperazine rings is 1. The van der Waals surface area contributed by atoms with Crippen LogP contribution in [0, 0.1) is 0 Å². The highest BCUT2D eigenvalue weighted by molar-refractivity contribution is 5.85. The summed E-state index contributed by atoms with van der Waals surface area (Å²) < 4.78 is 5.86. The molecular formula is C17H27ClN2O2. The molecule has 1 amide bonds. The largest absolute Gasteiger partial charge is 0.481 e. The SMILES string of the molecule is CC(Oc1cccc(C(C)C)c1)C(=O)N1CCNC[C@H]1C.Cl. The molecule has 1 fully saturated rings. The van der Waals surface area contributed by atoms with Gasteiger partial charge in [-0.05, 0) is 37.5 Å². The van der Waals surface area contributed by atoms with Crippen LogP contribution in [0.25, 0.3) is 0 Å². The zero-order chi connectivity index (χ0) is 15.4. The molecule has 2 atom stereocenters. The molecular weight excluding hydrogens is 300 g/mol. The minimum Gasteiger partial charge on any atom is -0.481 e. The van der Waals surface area contributed by atoms with Crippen molar-refractivity contribution in [2.45, 2.75) is 45.8 Å². The number of ether oxygens (including phenoxy) is 1. The fourth-order valence-electron chi connectivity index (χ4n) is 2.60. The van der Waals surface area contributed by atoms with E-state index in [1.54, 1.807) is 0 Å². The van der Waals surface area contributed by atoms with Crippen molar-refractivity contribution in [1.82, 2.24) is 10.2 Å². The molecule has 1 saturated heterocycles. The van der Waals surface area contributed by atoms with E-state index in [0.717, 1.165) is 25.4 Å². The molecule has 1 unspecified atom stereocenters. The van der Waals surface area contributed by atoms with E-state index in [4.69, 9.17) is 4.74 Å². The molecule has 5 heteroatoms. The van der Waals surface area contributed by atoms with Crippen LogP contribution >= 0.6 is 12.4 Å². The molecule has 124 valence electrons. The number of nitrogens with zero attached hydrogens (tertiary/aromatic N) is 1. The van der Waals surface area contributed by atoms with Gasteiger partial charge in [-0.25, -0.2) is 0 Å². The Bertz CT molecular complexity index is 493. The predicted molar refractivity (Wildman–Crippen MR) is 91.9 cm³/mol. The monoisotopic (exact) mass is 326 g/mol. The summed E-state index contributed by atoms with van der Waals surface area (Å²) in [4.78, 5) is 14.4. The van der Waals surface area contributed by atoms with Crippen LogP contribution < -0.4 is 10.1 Å². The standard InChI is InChI=1S/C17H26N2O2.ClH/c1-12(2)15-6-5-7-16(10-15)21-14(4)17(20)19-9-8-18-11-13(19)3;/h5-7,10,12-14,18H,8-9,11H2,1-4H3;1H/t13-,14?;/m1./s1. The first-order valence-electron chi connectivity index (χ1n) is 7.77. The molecule has 1 aliphatic rings. The Morgan fingerprint density at radius 3 is 2.73 bits per heavy atom. The van der Waals surface area contributed by atoms with Gasteiger partial charge in [0.25, 0.3) is 5.91 Å². The third kappa shape index (κ3) is 4.62. The topological polar surface area (TPSA) is 41.6 Å². The van der Waals surface area contributed by atoms with Crippen LogP contribution in [0.4, 0.5) is 0 Å². The van der Waals surface area contributed by atoms with Crippen LogP contribution in [-0.4, -0.2) is 42.6 Å². The highest BCUT2D eigenvalue weighted by Crippen LogP contribution is 2.21. The van der Waals surface area contributed by atoms with Gasteiger partial charge in [-0.3, -0.25) is 4.79 Å². The molecule has 1 aromatic rings. The van der Waals surface area contributed by atoms with E-state index >= 15 is 0 Å². The van der Waals surface area contributed by atoms with Crippen molar-refractivity contribution in [2.24, 2.45) is 0 Å². The van der Waals surface area contributed by atoms with E-state index in [1.807, 2.05) is 30.0 Å². The number of amides is 1. The molecule has 1 N–H and O–H groups in total. The molecule has 0 saturated carbocycles. The lowest BCUT2D eigenvalue weighted by Gasteiger charge is -2.35. The quantitative estimate of drug-likeness (QED) is 0.925. The average Bonchev–Trinajstić information content (AvgIpc) is 2.47.